The van der Waals surface area contributed by atoms with Gasteiger partial charge in [-0.2, -0.15) is 0 Å². The Labute approximate surface area is 135 Å². The highest BCUT2D eigenvalue weighted by molar-refractivity contribution is 7.92. The molecule has 0 atom stereocenters. The van der Waals surface area contributed by atoms with E-state index in [1.54, 1.807) is 0 Å². The van der Waals surface area contributed by atoms with E-state index in [0.29, 0.717) is 0 Å². The number of rotatable bonds is 4. The molecule has 2 aromatic carbocycles. The molecule has 0 radical (unpaired) electrons. The molecule has 22 heavy (non-hydrogen) atoms. The van der Waals surface area contributed by atoms with Crippen molar-refractivity contribution in [2.75, 3.05) is 4.72 Å². The van der Waals surface area contributed by atoms with E-state index in [1.165, 1.54) is 18.2 Å². The molecule has 0 aliphatic carbocycles. The molecule has 0 saturated heterocycles. The molecule has 0 heterocycles. The van der Waals surface area contributed by atoms with Gasteiger partial charge in [-0.25, -0.2) is 17.6 Å². The summed E-state index contributed by atoms with van der Waals surface area (Å²) in [4.78, 5) is 10.5. The number of carboxylic acid groups (broad SMARTS) is 1. The molecular weight excluding hydrogens is 356 g/mol. The van der Waals surface area contributed by atoms with Crippen LogP contribution in [-0.4, -0.2) is 19.5 Å². The fraction of sp³-hybridized carbons (Fsp3) is 0. The normalized spacial score (nSPS) is 11.2. The lowest BCUT2D eigenvalue weighted by atomic mass is 10.2. The third-order valence-corrected chi connectivity index (χ3v) is 4.80. The van der Waals surface area contributed by atoms with E-state index in [1.807, 2.05) is 4.72 Å². The van der Waals surface area contributed by atoms with Gasteiger partial charge in [0.1, 0.15) is 10.7 Å². The summed E-state index contributed by atoms with van der Waals surface area (Å²) >= 11 is 11.5. The Morgan fingerprint density at radius 1 is 1.14 bits per heavy atom. The Balaban J connectivity index is 2.52. The zero-order valence-corrected chi connectivity index (χ0v) is 13.0. The van der Waals surface area contributed by atoms with E-state index in [-0.39, 0.29) is 15.7 Å². The Morgan fingerprint density at radius 3 is 2.36 bits per heavy atom. The van der Waals surface area contributed by atoms with Gasteiger partial charge in [0.05, 0.1) is 21.3 Å². The van der Waals surface area contributed by atoms with Gasteiger partial charge in [0.15, 0.2) is 0 Å². The first-order valence-corrected chi connectivity index (χ1v) is 7.96. The molecule has 0 spiro atoms. The molecule has 2 rings (SSSR count). The molecule has 0 bridgehead atoms. The van der Waals surface area contributed by atoms with Crippen molar-refractivity contribution in [1.82, 2.24) is 0 Å². The average molecular weight is 364 g/mol. The Hall–Kier alpha value is -1.83. The third kappa shape index (κ3) is 3.32. The van der Waals surface area contributed by atoms with E-state index in [9.17, 15) is 17.6 Å². The molecule has 0 aliphatic rings. The number of para-hydroxylation sites is 1. The van der Waals surface area contributed by atoms with Crippen molar-refractivity contribution in [1.29, 1.82) is 0 Å². The van der Waals surface area contributed by atoms with Gasteiger partial charge < -0.3 is 5.11 Å². The summed E-state index contributed by atoms with van der Waals surface area (Å²) in [5, 5.41) is 8.49. The minimum absolute atomic E-state index is 0.206. The largest absolute Gasteiger partial charge is 0.478 e. The number of benzene rings is 2. The van der Waals surface area contributed by atoms with Gasteiger partial charge in [-0.15, -0.1) is 0 Å². The molecule has 0 amide bonds. The van der Waals surface area contributed by atoms with Crippen LogP contribution >= 0.6 is 23.2 Å². The number of halogens is 3. The van der Waals surface area contributed by atoms with Crippen molar-refractivity contribution in [3.63, 3.8) is 0 Å². The summed E-state index contributed by atoms with van der Waals surface area (Å²) in [5.74, 6) is -2.20. The highest BCUT2D eigenvalue weighted by Crippen LogP contribution is 2.30. The number of anilines is 1. The van der Waals surface area contributed by atoms with Crippen molar-refractivity contribution in [2.24, 2.45) is 0 Å². The van der Waals surface area contributed by atoms with E-state index >= 15 is 0 Å². The first-order valence-electron chi connectivity index (χ1n) is 5.72. The lowest BCUT2D eigenvalue weighted by molar-refractivity contribution is 0.0697. The van der Waals surface area contributed by atoms with Crippen LogP contribution in [-0.2, 0) is 10.0 Å². The van der Waals surface area contributed by atoms with E-state index < -0.39 is 32.3 Å². The molecule has 0 aliphatic heterocycles. The first-order chi connectivity index (χ1) is 10.2. The SMILES string of the molecule is O=C(O)c1cc(S(=O)(=O)Nc2ccccc2F)c(Cl)cc1Cl. The predicted octanol–water partition coefficient (Wildman–Crippen LogP) is 3.63. The van der Waals surface area contributed by atoms with Gasteiger partial charge in [0.2, 0.25) is 0 Å². The Kier molecular flexibility index (Phi) is 4.60. The maximum absolute atomic E-state index is 13.5. The van der Waals surface area contributed by atoms with Crippen LogP contribution in [0.25, 0.3) is 0 Å². The zero-order chi connectivity index (χ0) is 16.5. The Bertz CT molecular complexity index is 855. The van der Waals surface area contributed by atoms with E-state index in [2.05, 4.69) is 0 Å². The fourth-order valence-corrected chi connectivity index (χ4v) is 3.57. The van der Waals surface area contributed by atoms with Gasteiger partial charge in [-0.05, 0) is 24.3 Å². The smallest absolute Gasteiger partial charge is 0.337 e. The van der Waals surface area contributed by atoms with Gasteiger partial charge in [-0.1, -0.05) is 35.3 Å². The minimum Gasteiger partial charge on any atom is -0.478 e. The summed E-state index contributed by atoms with van der Waals surface area (Å²) in [6.07, 6.45) is 0. The predicted molar refractivity (Wildman–Crippen MR) is 80.6 cm³/mol. The topological polar surface area (TPSA) is 83.5 Å². The average Bonchev–Trinajstić information content (AvgIpc) is 2.40. The number of hydrogen-bond donors (Lipinski definition) is 2. The summed E-state index contributed by atoms with van der Waals surface area (Å²) in [5.41, 5.74) is -0.717. The molecular formula is C13H8Cl2FNO4S. The number of aromatic carboxylic acids is 1. The number of carboxylic acids is 1. The molecule has 9 heteroatoms. The van der Waals surface area contributed by atoms with Crippen molar-refractivity contribution in [3.05, 3.63) is 57.8 Å². The quantitative estimate of drug-likeness (QED) is 0.868. The monoisotopic (exact) mass is 363 g/mol. The second kappa shape index (κ2) is 6.12. The lowest BCUT2D eigenvalue weighted by Gasteiger charge is -2.11. The second-order valence-corrected chi connectivity index (χ2v) is 6.62. The summed E-state index contributed by atoms with van der Waals surface area (Å²) < 4.78 is 40.1. The maximum atomic E-state index is 13.5. The van der Waals surface area contributed by atoms with Crippen molar-refractivity contribution in [2.45, 2.75) is 4.90 Å². The number of hydrogen-bond acceptors (Lipinski definition) is 3. The number of nitrogens with one attached hydrogen (secondary N) is 1. The van der Waals surface area contributed by atoms with Crippen molar-refractivity contribution >= 4 is 44.9 Å². The van der Waals surface area contributed by atoms with Gasteiger partial charge >= 0.3 is 5.97 Å². The molecule has 0 aromatic heterocycles. The maximum Gasteiger partial charge on any atom is 0.337 e. The van der Waals surface area contributed by atoms with E-state index in [0.717, 1.165) is 18.2 Å². The molecule has 0 saturated carbocycles. The number of carbonyl (C=O) groups is 1. The zero-order valence-electron chi connectivity index (χ0n) is 10.7. The summed E-state index contributed by atoms with van der Waals surface area (Å²) in [6, 6.07) is 6.94. The standard InChI is InChI=1S/C13H8Cl2FNO4S/c14-8-6-9(15)12(5-7(8)13(18)19)22(20,21)17-11-4-2-1-3-10(11)16/h1-6,17H,(H,18,19). The van der Waals surface area contributed by atoms with E-state index in [4.69, 9.17) is 28.3 Å². The van der Waals surface area contributed by atoms with Crippen LogP contribution in [0.4, 0.5) is 10.1 Å². The minimum atomic E-state index is -4.28. The third-order valence-electron chi connectivity index (χ3n) is 2.66. The van der Waals surface area contributed by atoms with Crippen molar-refractivity contribution in [3.8, 4) is 0 Å². The lowest BCUT2D eigenvalue weighted by Crippen LogP contribution is -2.15. The molecule has 5 nitrogen and oxygen atoms in total. The van der Waals surface area contributed by atoms with Crippen LogP contribution in [0, 0.1) is 5.82 Å². The van der Waals surface area contributed by atoms with Gasteiger partial charge in [0.25, 0.3) is 10.0 Å². The Morgan fingerprint density at radius 2 is 1.77 bits per heavy atom. The molecule has 2 N–H and O–H groups in total. The first kappa shape index (κ1) is 16.5. The summed E-state index contributed by atoms with van der Waals surface area (Å²) in [6.45, 7) is 0. The molecule has 0 fully saturated rings. The fourth-order valence-electron chi connectivity index (χ4n) is 1.64. The van der Waals surface area contributed by atoms with Gasteiger partial charge in [-0.3, -0.25) is 4.72 Å². The molecule has 116 valence electrons. The van der Waals surface area contributed by atoms with Crippen LogP contribution in [0.2, 0.25) is 10.0 Å². The molecule has 0 unspecified atom stereocenters. The van der Waals surface area contributed by atoms with Gasteiger partial charge in [0, 0.05) is 0 Å². The van der Waals surface area contributed by atoms with Crippen LogP contribution in [0.3, 0.4) is 0 Å². The number of sulfonamides is 1. The van der Waals surface area contributed by atoms with Crippen LogP contribution in [0.1, 0.15) is 10.4 Å². The van der Waals surface area contributed by atoms with Crippen molar-refractivity contribution < 1.29 is 22.7 Å². The molecule has 2 aromatic rings. The van der Waals surface area contributed by atoms with Crippen LogP contribution in [0.5, 0.6) is 0 Å². The van der Waals surface area contributed by atoms with Crippen LogP contribution < -0.4 is 4.72 Å². The highest BCUT2D eigenvalue weighted by atomic mass is 35.5. The second-order valence-electron chi connectivity index (χ2n) is 4.15. The summed E-state index contributed by atoms with van der Waals surface area (Å²) in [7, 11) is -4.28. The van der Waals surface area contributed by atoms with Crippen LogP contribution in [0.15, 0.2) is 41.3 Å². The highest BCUT2D eigenvalue weighted by Gasteiger charge is 2.23.